The number of nitrogens with one attached hydrogen (secondary N) is 2. The fourth-order valence-corrected chi connectivity index (χ4v) is 3.89. The zero-order chi connectivity index (χ0) is 24.5. The quantitative estimate of drug-likeness (QED) is 0.368. The summed E-state index contributed by atoms with van der Waals surface area (Å²) in [6.07, 6.45) is 0.387. The summed E-state index contributed by atoms with van der Waals surface area (Å²) in [5, 5.41) is 8.08. The van der Waals surface area contributed by atoms with Gasteiger partial charge < -0.3 is 24.8 Å². The molecule has 0 fully saturated rings. The Morgan fingerprint density at radius 1 is 0.912 bits per heavy atom. The van der Waals surface area contributed by atoms with Crippen LogP contribution in [-0.4, -0.2) is 36.6 Å². The van der Waals surface area contributed by atoms with Crippen LogP contribution >= 0.6 is 11.3 Å². The van der Waals surface area contributed by atoms with Crippen LogP contribution in [0.3, 0.4) is 0 Å². The van der Waals surface area contributed by atoms with Crippen LogP contribution in [0.2, 0.25) is 0 Å². The van der Waals surface area contributed by atoms with Crippen molar-refractivity contribution in [3.63, 3.8) is 0 Å². The third-order valence-electron chi connectivity index (χ3n) is 4.66. The Bertz CT molecular complexity index is 1120. The first kappa shape index (κ1) is 25.0. The van der Waals surface area contributed by atoms with Crippen LogP contribution in [0.15, 0.2) is 41.8 Å². The lowest BCUT2D eigenvalue weighted by Crippen LogP contribution is -2.13. The second kappa shape index (κ2) is 12.0. The van der Waals surface area contributed by atoms with Gasteiger partial charge in [0, 0.05) is 28.6 Å². The fraction of sp³-hybridized carbons (Fsp3) is 0.320. The maximum atomic E-state index is 13.1. The number of rotatable bonds is 11. The van der Waals surface area contributed by atoms with E-state index in [1.54, 1.807) is 25.1 Å². The smallest absolute Gasteiger partial charge is 0.255 e. The van der Waals surface area contributed by atoms with Crippen molar-refractivity contribution >= 4 is 34.0 Å². The number of anilines is 2. The van der Waals surface area contributed by atoms with E-state index in [9.17, 15) is 9.59 Å². The number of nitrogens with zero attached hydrogens (tertiary/aromatic N) is 1. The summed E-state index contributed by atoms with van der Waals surface area (Å²) in [7, 11) is 0. The summed E-state index contributed by atoms with van der Waals surface area (Å²) in [4.78, 5) is 29.2. The van der Waals surface area contributed by atoms with Crippen molar-refractivity contribution in [3.8, 4) is 28.5 Å². The highest BCUT2D eigenvalue weighted by Crippen LogP contribution is 2.39. The first-order valence-corrected chi connectivity index (χ1v) is 12.1. The largest absolute Gasteiger partial charge is 0.490 e. The van der Waals surface area contributed by atoms with Crippen LogP contribution < -0.4 is 24.8 Å². The summed E-state index contributed by atoms with van der Waals surface area (Å²) in [5.41, 5.74) is 2.53. The second-order valence-corrected chi connectivity index (χ2v) is 7.93. The number of benzene rings is 2. The molecule has 0 aliphatic rings. The van der Waals surface area contributed by atoms with Gasteiger partial charge in [-0.3, -0.25) is 9.59 Å². The van der Waals surface area contributed by atoms with Gasteiger partial charge >= 0.3 is 0 Å². The van der Waals surface area contributed by atoms with E-state index in [1.807, 2.05) is 44.4 Å². The maximum absolute atomic E-state index is 13.1. The first-order chi connectivity index (χ1) is 16.5. The summed E-state index contributed by atoms with van der Waals surface area (Å²) < 4.78 is 17.1. The molecule has 180 valence electrons. The number of aromatic nitrogens is 1. The Morgan fingerprint density at radius 2 is 1.59 bits per heavy atom. The predicted octanol–water partition coefficient (Wildman–Crippen LogP) is 5.61. The monoisotopic (exact) mass is 483 g/mol. The van der Waals surface area contributed by atoms with E-state index < -0.39 is 0 Å². The van der Waals surface area contributed by atoms with Crippen LogP contribution in [0.5, 0.6) is 17.2 Å². The molecule has 0 unspecified atom stereocenters. The van der Waals surface area contributed by atoms with Gasteiger partial charge in [0.25, 0.3) is 5.91 Å². The Kier molecular flexibility index (Phi) is 8.86. The van der Waals surface area contributed by atoms with Gasteiger partial charge in [0.1, 0.15) is 0 Å². The lowest BCUT2D eigenvalue weighted by Gasteiger charge is -2.17. The highest BCUT2D eigenvalue weighted by molar-refractivity contribution is 7.14. The van der Waals surface area contributed by atoms with Gasteiger partial charge in [-0.1, -0.05) is 19.1 Å². The minimum absolute atomic E-state index is 0.0879. The molecule has 1 aromatic heterocycles. The van der Waals surface area contributed by atoms with E-state index in [-0.39, 0.29) is 11.8 Å². The summed E-state index contributed by atoms with van der Waals surface area (Å²) in [5.74, 6) is 1.00. The molecule has 0 aliphatic heterocycles. The third-order valence-corrected chi connectivity index (χ3v) is 5.42. The highest BCUT2D eigenvalue weighted by Gasteiger charge is 2.19. The fourth-order valence-electron chi connectivity index (χ4n) is 3.15. The highest BCUT2D eigenvalue weighted by atomic mass is 32.1. The molecular weight excluding hydrogens is 454 g/mol. The summed E-state index contributed by atoms with van der Waals surface area (Å²) in [6, 6.07) is 10.7. The van der Waals surface area contributed by atoms with Gasteiger partial charge in [0.2, 0.25) is 11.7 Å². The van der Waals surface area contributed by atoms with Gasteiger partial charge in [-0.15, -0.1) is 11.3 Å². The van der Waals surface area contributed by atoms with Gasteiger partial charge in [0.15, 0.2) is 16.6 Å². The number of hydrogen-bond acceptors (Lipinski definition) is 7. The van der Waals surface area contributed by atoms with E-state index in [0.717, 1.165) is 5.56 Å². The molecular formula is C25H29N3O5S. The molecule has 2 N–H and O–H groups in total. The van der Waals surface area contributed by atoms with Gasteiger partial charge in [0.05, 0.1) is 25.5 Å². The van der Waals surface area contributed by atoms with Gasteiger partial charge in [-0.25, -0.2) is 4.98 Å². The van der Waals surface area contributed by atoms with Crippen molar-refractivity contribution in [1.82, 2.24) is 4.98 Å². The standard InChI is InChI=1S/C25H29N3O5S/c1-5-22(29)28-25-27-19(15-34-25)16-10-9-11-18(12-16)26-24(30)17-13-20(31-6-2)23(33-8-4)21(14-17)32-7-3/h9-15H,5-8H2,1-4H3,(H,26,30)(H,27,28,29). The lowest BCUT2D eigenvalue weighted by molar-refractivity contribution is -0.115. The van der Waals surface area contributed by atoms with Crippen LogP contribution in [0, 0.1) is 0 Å². The summed E-state index contributed by atoms with van der Waals surface area (Å²) in [6.45, 7) is 8.69. The first-order valence-electron chi connectivity index (χ1n) is 11.2. The maximum Gasteiger partial charge on any atom is 0.255 e. The number of amides is 2. The number of ether oxygens (including phenoxy) is 3. The molecule has 2 amide bonds. The molecule has 0 atom stereocenters. The van der Waals surface area contributed by atoms with E-state index in [0.29, 0.717) is 65.6 Å². The Morgan fingerprint density at radius 3 is 2.21 bits per heavy atom. The second-order valence-electron chi connectivity index (χ2n) is 7.08. The minimum Gasteiger partial charge on any atom is -0.490 e. The normalized spacial score (nSPS) is 10.5. The number of carbonyl (C=O) groups excluding carboxylic acids is 2. The third kappa shape index (κ3) is 6.26. The zero-order valence-corrected chi connectivity index (χ0v) is 20.6. The molecule has 1 heterocycles. The molecule has 3 rings (SSSR count). The molecule has 34 heavy (non-hydrogen) atoms. The van der Waals surface area contributed by atoms with Gasteiger partial charge in [-0.2, -0.15) is 0 Å². The SMILES string of the molecule is CCOc1cc(C(=O)Nc2cccc(-c3csc(NC(=O)CC)n3)c2)cc(OCC)c1OCC. The van der Waals surface area contributed by atoms with E-state index in [2.05, 4.69) is 15.6 Å². The Hall–Kier alpha value is -3.59. The molecule has 0 spiro atoms. The molecule has 9 heteroatoms. The Labute approximate surface area is 203 Å². The molecule has 0 saturated carbocycles. The minimum atomic E-state index is -0.309. The molecule has 3 aromatic rings. The van der Waals surface area contributed by atoms with Crippen molar-refractivity contribution in [2.45, 2.75) is 34.1 Å². The molecule has 0 aliphatic carbocycles. The molecule has 0 bridgehead atoms. The number of thiazole rings is 1. The number of carbonyl (C=O) groups is 2. The summed E-state index contributed by atoms with van der Waals surface area (Å²) >= 11 is 1.35. The van der Waals surface area contributed by atoms with Crippen LogP contribution in [0.25, 0.3) is 11.3 Å². The Balaban J connectivity index is 1.84. The molecule has 0 saturated heterocycles. The van der Waals surface area contributed by atoms with E-state index in [1.165, 1.54) is 11.3 Å². The molecule has 8 nitrogen and oxygen atoms in total. The predicted molar refractivity (Wildman–Crippen MR) is 134 cm³/mol. The van der Waals surface area contributed by atoms with Crippen molar-refractivity contribution in [1.29, 1.82) is 0 Å². The molecule has 2 aromatic carbocycles. The van der Waals surface area contributed by atoms with E-state index >= 15 is 0 Å². The average Bonchev–Trinajstić information content (AvgIpc) is 3.29. The topological polar surface area (TPSA) is 98.8 Å². The van der Waals surface area contributed by atoms with E-state index in [4.69, 9.17) is 14.2 Å². The van der Waals surface area contributed by atoms with Crippen molar-refractivity contribution in [3.05, 3.63) is 47.3 Å². The lowest BCUT2D eigenvalue weighted by atomic mass is 10.1. The average molecular weight is 484 g/mol. The van der Waals surface area contributed by atoms with Gasteiger partial charge in [-0.05, 0) is 45.0 Å². The van der Waals surface area contributed by atoms with Crippen molar-refractivity contribution < 1.29 is 23.8 Å². The van der Waals surface area contributed by atoms with Crippen molar-refractivity contribution in [2.75, 3.05) is 30.5 Å². The van der Waals surface area contributed by atoms with Crippen LogP contribution in [-0.2, 0) is 4.79 Å². The molecule has 0 radical (unpaired) electrons. The number of hydrogen-bond donors (Lipinski definition) is 2. The van der Waals surface area contributed by atoms with Crippen LogP contribution in [0.4, 0.5) is 10.8 Å². The van der Waals surface area contributed by atoms with Crippen molar-refractivity contribution in [2.24, 2.45) is 0 Å². The zero-order valence-electron chi connectivity index (χ0n) is 19.8. The van der Waals surface area contributed by atoms with Crippen LogP contribution in [0.1, 0.15) is 44.5 Å².